The third kappa shape index (κ3) is 3.87. The Balaban J connectivity index is 2.80. The zero-order valence-electron chi connectivity index (χ0n) is 10.9. The highest BCUT2D eigenvalue weighted by atomic mass is 16.5. The van der Waals surface area contributed by atoms with Crippen LogP contribution in [0.4, 0.5) is 5.82 Å². The Morgan fingerprint density at radius 3 is 2.78 bits per heavy atom. The summed E-state index contributed by atoms with van der Waals surface area (Å²) < 4.78 is 5.24. The van der Waals surface area contributed by atoms with E-state index in [9.17, 15) is 9.90 Å². The van der Waals surface area contributed by atoms with Crippen LogP contribution in [-0.4, -0.2) is 33.7 Å². The van der Waals surface area contributed by atoms with Crippen LogP contribution in [0.15, 0.2) is 12.4 Å². The monoisotopic (exact) mass is 253 g/mol. The maximum Gasteiger partial charge on any atom is 0.326 e. The number of carboxylic acids is 1. The number of aromatic nitrogens is 2. The summed E-state index contributed by atoms with van der Waals surface area (Å²) in [6.45, 7) is 6.20. The van der Waals surface area contributed by atoms with Crippen molar-refractivity contribution in [1.29, 1.82) is 0 Å². The summed E-state index contributed by atoms with van der Waals surface area (Å²) in [5.74, 6) is 0.0124. The third-order valence-electron chi connectivity index (χ3n) is 2.72. The van der Waals surface area contributed by atoms with Gasteiger partial charge in [0, 0.05) is 6.07 Å². The van der Waals surface area contributed by atoms with Crippen molar-refractivity contribution >= 4 is 11.8 Å². The molecule has 1 rings (SSSR count). The lowest BCUT2D eigenvalue weighted by Crippen LogP contribution is -2.35. The van der Waals surface area contributed by atoms with E-state index in [0.29, 0.717) is 18.3 Å². The van der Waals surface area contributed by atoms with Crippen molar-refractivity contribution in [2.45, 2.75) is 33.2 Å². The number of aliphatic carboxylic acids is 1. The molecule has 6 heteroatoms. The Kier molecular flexibility index (Phi) is 5.35. The number of anilines is 1. The molecule has 0 unspecified atom stereocenters. The lowest BCUT2D eigenvalue weighted by atomic mass is 9.99. The van der Waals surface area contributed by atoms with Crippen molar-refractivity contribution in [3.8, 4) is 5.88 Å². The number of hydrogen-bond donors (Lipinski definition) is 2. The summed E-state index contributed by atoms with van der Waals surface area (Å²) in [7, 11) is 0. The predicted octanol–water partition coefficient (Wildman–Crippen LogP) is 1.79. The predicted molar refractivity (Wildman–Crippen MR) is 67.7 cm³/mol. The lowest BCUT2D eigenvalue weighted by Gasteiger charge is -2.20. The van der Waals surface area contributed by atoms with E-state index in [1.54, 1.807) is 6.07 Å². The van der Waals surface area contributed by atoms with Gasteiger partial charge >= 0.3 is 5.97 Å². The number of ether oxygens (including phenoxy) is 1. The largest absolute Gasteiger partial charge is 0.480 e. The van der Waals surface area contributed by atoms with Gasteiger partial charge in [0.25, 0.3) is 0 Å². The second-order valence-electron chi connectivity index (χ2n) is 4.02. The zero-order chi connectivity index (χ0) is 13.5. The van der Waals surface area contributed by atoms with Crippen molar-refractivity contribution in [3.63, 3.8) is 0 Å². The van der Waals surface area contributed by atoms with E-state index < -0.39 is 12.0 Å². The Hall–Kier alpha value is -1.85. The maximum atomic E-state index is 11.2. The summed E-state index contributed by atoms with van der Waals surface area (Å²) in [6, 6.07) is 0.932. The first-order valence-electron chi connectivity index (χ1n) is 6.02. The molecule has 18 heavy (non-hydrogen) atoms. The van der Waals surface area contributed by atoms with E-state index in [1.165, 1.54) is 6.33 Å². The van der Waals surface area contributed by atoms with E-state index in [1.807, 2.05) is 20.8 Å². The number of rotatable bonds is 7. The number of carbonyl (C=O) groups is 1. The molecule has 2 atom stereocenters. The quantitative estimate of drug-likeness (QED) is 0.770. The van der Waals surface area contributed by atoms with Gasteiger partial charge < -0.3 is 15.2 Å². The molecule has 0 aliphatic carbocycles. The fourth-order valence-corrected chi connectivity index (χ4v) is 1.49. The van der Waals surface area contributed by atoms with Crippen molar-refractivity contribution in [1.82, 2.24) is 9.97 Å². The Morgan fingerprint density at radius 1 is 1.50 bits per heavy atom. The normalized spacial score (nSPS) is 13.7. The van der Waals surface area contributed by atoms with Crippen LogP contribution in [0.25, 0.3) is 0 Å². The minimum atomic E-state index is -0.888. The van der Waals surface area contributed by atoms with Crippen LogP contribution in [0.5, 0.6) is 5.88 Å². The first-order chi connectivity index (χ1) is 8.58. The van der Waals surface area contributed by atoms with E-state index >= 15 is 0 Å². The molecule has 100 valence electrons. The van der Waals surface area contributed by atoms with E-state index in [-0.39, 0.29) is 5.92 Å². The summed E-state index contributed by atoms with van der Waals surface area (Å²) in [5, 5.41) is 12.1. The fourth-order valence-electron chi connectivity index (χ4n) is 1.49. The van der Waals surface area contributed by atoms with Crippen LogP contribution < -0.4 is 10.1 Å². The SMILES string of the molecule is CCOc1cc(N[C@H](C(=O)O)[C@@H](C)CC)ncn1. The number of nitrogens with zero attached hydrogens (tertiary/aromatic N) is 2. The minimum Gasteiger partial charge on any atom is -0.480 e. The van der Waals surface area contributed by atoms with Gasteiger partial charge in [0.15, 0.2) is 0 Å². The molecule has 0 amide bonds. The summed E-state index contributed by atoms with van der Waals surface area (Å²) >= 11 is 0. The van der Waals surface area contributed by atoms with Gasteiger partial charge in [0.1, 0.15) is 18.2 Å². The summed E-state index contributed by atoms with van der Waals surface area (Å²) in [5.41, 5.74) is 0. The van der Waals surface area contributed by atoms with Gasteiger partial charge in [-0.25, -0.2) is 14.8 Å². The van der Waals surface area contributed by atoms with Gasteiger partial charge in [0.05, 0.1) is 6.61 Å². The highest BCUT2D eigenvalue weighted by molar-refractivity contribution is 5.77. The van der Waals surface area contributed by atoms with E-state index in [4.69, 9.17) is 4.74 Å². The molecule has 0 fully saturated rings. The minimum absolute atomic E-state index is 0.00742. The maximum absolute atomic E-state index is 11.2. The molecule has 0 saturated carbocycles. The molecule has 2 N–H and O–H groups in total. The van der Waals surface area contributed by atoms with Gasteiger partial charge in [0.2, 0.25) is 5.88 Å². The topological polar surface area (TPSA) is 84.3 Å². The van der Waals surface area contributed by atoms with Crippen molar-refractivity contribution in [2.75, 3.05) is 11.9 Å². The first-order valence-corrected chi connectivity index (χ1v) is 6.02. The third-order valence-corrected chi connectivity index (χ3v) is 2.72. The zero-order valence-corrected chi connectivity index (χ0v) is 10.9. The average molecular weight is 253 g/mol. The van der Waals surface area contributed by atoms with E-state index in [0.717, 1.165) is 6.42 Å². The van der Waals surface area contributed by atoms with Crippen LogP contribution in [0, 0.1) is 5.92 Å². The molecule has 0 aromatic carbocycles. The molecular formula is C12H19N3O3. The van der Waals surface area contributed by atoms with Gasteiger partial charge in [-0.2, -0.15) is 0 Å². The van der Waals surface area contributed by atoms with Gasteiger partial charge in [-0.1, -0.05) is 20.3 Å². The van der Waals surface area contributed by atoms with Crippen LogP contribution in [0.3, 0.4) is 0 Å². The molecule has 1 heterocycles. The molecule has 0 radical (unpaired) electrons. The summed E-state index contributed by atoms with van der Waals surface area (Å²) in [4.78, 5) is 19.1. The molecule has 0 saturated heterocycles. The number of carboxylic acid groups (broad SMARTS) is 1. The van der Waals surface area contributed by atoms with Gasteiger partial charge in [-0.05, 0) is 12.8 Å². The first kappa shape index (κ1) is 14.2. The van der Waals surface area contributed by atoms with Crippen LogP contribution in [0.1, 0.15) is 27.2 Å². The smallest absolute Gasteiger partial charge is 0.326 e. The van der Waals surface area contributed by atoms with E-state index in [2.05, 4.69) is 15.3 Å². The molecule has 1 aromatic rings. The molecule has 0 spiro atoms. The van der Waals surface area contributed by atoms with Crippen molar-refractivity contribution < 1.29 is 14.6 Å². The van der Waals surface area contributed by atoms with Crippen LogP contribution in [-0.2, 0) is 4.79 Å². The average Bonchev–Trinajstić information content (AvgIpc) is 2.35. The Bertz CT molecular complexity index is 398. The molecule has 0 aliphatic rings. The summed E-state index contributed by atoms with van der Waals surface area (Å²) in [6.07, 6.45) is 2.12. The molecule has 6 nitrogen and oxygen atoms in total. The van der Waals surface area contributed by atoms with Crippen LogP contribution in [0.2, 0.25) is 0 Å². The lowest BCUT2D eigenvalue weighted by molar-refractivity contribution is -0.139. The van der Waals surface area contributed by atoms with Gasteiger partial charge in [-0.15, -0.1) is 0 Å². The molecule has 1 aromatic heterocycles. The number of nitrogens with one attached hydrogen (secondary N) is 1. The Morgan fingerprint density at radius 2 is 2.22 bits per heavy atom. The Labute approximate surface area is 106 Å². The second-order valence-corrected chi connectivity index (χ2v) is 4.02. The molecule has 0 bridgehead atoms. The highest BCUT2D eigenvalue weighted by Gasteiger charge is 2.23. The highest BCUT2D eigenvalue weighted by Crippen LogP contribution is 2.16. The fraction of sp³-hybridized carbons (Fsp3) is 0.583. The molecular weight excluding hydrogens is 234 g/mol. The van der Waals surface area contributed by atoms with Crippen molar-refractivity contribution in [2.24, 2.45) is 5.92 Å². The molecule has 0 aliphatic heterocycles. The standard InChI is InChI=1S/C12H19N3O3/c1-4-8(3)11(12(16)17)15-9-6-10(18-5-2)14-7-13-9/h6-8,11H,4-5H2,1-3H3,(H,16,17)(H,13,14,15)/t8-,11-/m0/s1. The second kappa shape index (κ2) is 6.78. The van der Waals surface area contributed by atoms with Gasteiger partial charge in [-0.3, -0.25) is 0 Å². The van der Waals surface area contributed by atoms with Crippen molar-refractivity contribution in [3.05, 3.63) is 12.4 Å². The number of hydrogen-bond acceptors (Lipinski definition) is 5. The van der Waals surface area contributed by atoms with Crippen LogP contribution >= 0.6 is 0 Å².